The summed E-state index contributed by atoms with van der Waals surface area (Å²) in [6, 6.07) is 7.41. The van der Waals surface area contributed by atoms with E-state index in [1.165, 1.54) is 4.31 Å². The molecule has 1 N–H and O–H groups in total. The van der Waals surface area contributed by atoms with Crippen LogP contribution in [0.5, 0.6) is 0 Å². The molecule has 6 heteroatoms. The molecular weight excluding hydrogens is 312 g/mol. The zero-order valence-corrected chi connectivity index (χ0v) is 15.1. The maximum Gasteiger partial charge on any atom is 0.232 e. The van der Waals surface area contributed by atoms with Gasteiger partial charge in [0.25, 0.3) is 0 Å². The average molecular weight is 338 g/mol. The third-order valence-corrected chi connectivity index (χ3v) is 4.60. The van der Waals surface area contributed by atoms with Crippen molar-refractivity contribution in [2.45, 2.75) is 32.6 Å². The van der Waals surface area contributed by atoms with E-state index in [9.17, 15) is 13.2 Å². The van der Waals surface area contributed by atoms with Crippen LogP contribution in [0.15, 0.2) is 36.9 Å². The Kier molecular flexibility index (Phi) is 6.38. The highest BCUT2D eigenvalue weighted by Crippen LogP contribution is 2.26. The minimum Gasteiger partial charge on any atom is -0.353 e. The number of hydrogen-bond donors (Lipinski definition) is 1. The van der Waals surface area contributed by atoms with Crippen molar-refractivity contribution in [3.63, 3.8) is 0 Å². The minimum absolute atomic E-state index is 0.000969. The van der Waals surface area contributed by atoms with Gasteiger partial charge < -0.3 is 5.32 Å². The molecule has 128 valence electrons. The van der Waals surface area contributed by atoms with Gasteiger partial charge in [-0.05, 0) is 23.1 Å². The molecule has 0 radical (unpaired) electrons. The first kappa shape index (κ1) is 19.2. The minimum atomic E-state index is -3.45. The molecule has 0 atom stereocenters. The number of hydrogen-bond acceptors (Lipinski definition) is 3. The molecule has 0 aromatic heterocycles. The summed E-state index contributed by atoms with van der Waals surface area (Å²) in [4.78, 5) is 11.7. The highest BCUT2D eigenvalue weighted by atomic mass is 32.2. The lowest BCUT2D eigenvalue weighted by atomic mass is 9.87. The van der Waals surface area contributed by atoms with Gasteiger partial charge in [-0.25, -0.2) is 8.42 Å². The van der Waals surface area contributed by atoms with Crippen molar-refractivity contribution >= 4 is 21.6 Å². The van der Waals surface area contributed by atoms with Crippen molar-refractivity contribution in [2.75, 3.05) is 23.7 Å². The molecule has 0 aliphatic carbocycles. The summed E-state index contributed by atoms with van der Waals surface area (Å²) in [5, 5.41) is 2.64. The van der Waals surface area contributed by atoms with Crippen LogP contribution in [0.2, 0.25) is 0 Å². The lowest BCUT2D eigenvalue weighted by Crippen LogP contribution is -2.34. The first-order valence-corrected chi connectivity index (χ1v) is 9.36. The van der Waals surface area contributed by atoms with Crippen molar-refractivity contribution in [3.05, 3.63) is 42.5 Å². The van der Waals surface area contributed by atoms with E-state index in [-0.39, 0.29) is 24.3 Å². The van der Waals surface area contributed by atoms with Crippen LogP contribution in [0.25, 0.3) is 0 Å². The molecule has 1 amide bonds. The third-order valence-electron chi connectivity index (χ3n) is 3.41. The number of sulfonamides is 1. The van der Waals surface area contributed by atoms with Gasteiger partial charge in [0.15, 0.2) is 0 Å². The Bertz CT molecular complexity index is 643. The molecule has 0 heterocycles. The van der Waals surface area contributed by atoms with Crippen molar-refractivity contribution in [2.24, 2.45) is 0 Å². The summed E-state index contributed by atoms with van der Waals surface area (Å²) in [6.45, 7) is 10.3. The highest BCUT2D eigenvalue weighted by Gasteiger charge is 2.20. The van der Waals surface area contributed by atoms with E-state index in [4.69, 9.17) is 0 Å². The summed E-state index contributed by atoms with van der Waals surface area (Å²) >= 11 is 0. The first-order chi connectivity index (χ1) is 10.6. The molecule has 0 spiro atoms. The molecule has 0 unspecified atom stereocenters. The molecule has 5 nitrogen and oxygen atoms in total. The van der Waals surface area contributed by atoms with Crippen LogP contribution in [0.4, 0.5) is 5.69 Å². The second-order valence-electron chi connectivity index (χ2n) is 6.47. The van der Waals surface area contributed by atoms with Gasteiger partial charge in [0.2, 0.25) is 15.9 Å². The van der Waals surface area contributed by atoms with Gasteiger partial charge in [-0.15, -0.1) is 6.58 Å². The molecule has 0 aliphatic heterocycles. The van der Waals surface area contributed by atoms with Crippen molar-refractivity contribution < 1.29 is 13.2 Å². The Morgan fingerprint density at radius 2 is 1.83 bits per heavy atom. The van der Waals surface area contributed by atoms with E-state index in [0.717, 1.165) is 11.8 Å². The number of nitrogens with zero attached hydrogens (tertiary/aromatic N) is 1. The smallest absolute Gasteiger partial charge is 0.232 e. The molecule has 0 fully saturated rings. The number of carbonyl (C=O) groups is 1. The Morgan fingerprint density at radius 1 is 1.26 bits per heavy atom. The van der Waals surface area contributed by atoms with E-state index < -0.39 is 10.0 Å². The third kappa shape index (κ3) is 6.06. The number of amides is 1. The number of nitrogens with one attached hydrogen (secondary N) is 1. The van der Waals surface area contributed by atoms with Gasteiger partial charge in [-0.2, -0.15) is 0 Å². The van der Waals surface area contributed by atoms with Gasteiger partial charge in [-0.3, -0.25) is 9.10 Å². The van der Waals surface area contributed by atoms with Crippen molar-refractivity contribution in [1.82, 2.24) is 5.32 Å². The topological polar surface area (TPSA) is 66.5 Å². The predicted molar refractivity (Wildman–Crippen MR) is 95.2 cm³/mol. The van der Waals surface area contributed by atoms with Crippen LogP contribution in [-0.4, -0.2) is 33.7 Å². The average Bonchev–Trinajstić information content (AvgIpc) is 2.43. The molecular formula is C17H26N2O3S. The Hall–Kier alpha value is -1.82. The van der Waals surface area contributed by atoms with E-state index in [1.807, 2.05) is 12.1 Å². The Balaban J connectivity index is 2.91. The second kappa shape index (κ2) is 7.64. The first-order valence-electron chi connectivity index (χ1n) is 7.51. The lowest BCUT2D eigenvalue weighted by Gasteiger charge is -2.24. The Morgan fingerprint density at radius 3 is 2.26 bits per heavy atom. The fraction of sp³-hybridized carbons (Fsp3) is 0.471. The summed E-state index contributed by atoms with van der Waals surface area (Å²) < 4.78 is 25.3. The van der Waals surface area contributed by atoms with Crippen LogP contribution in [0.1, 0.15) is 32.8 Å². The fourth-order valence-electron chi connectivity index (χ4n) is 2.09. The predicted octanol–water partition coefficient (Wildman–Crippen LogP) is 2.44. The van der Waals surface area contributed by atoms with Gasteiger partial charge in [0.1, 0.15) is 0 Å². The van der Waals surface area contributed by atoms with E-state index in [1.54, 1.807) is 18.2 Å². The number of rotatable bonds is 7. The lowest BCUT2D eigenvalue weighted by molar-refractivity contribution is -0.120. The van der Waals surface area contributed by atoms with Crippen molar-refractivity contribution in [1.29, 1.82) is 0 Å². The van der Waals surface area contributed by atoms with E-state index >= 15 is 0 Å². The standard InChI is InChI=1S/C17H26N2O3S/c1-6-12-18-16(20)11-13-19(23(5,21)22)15-9-7-14(8-10-15)17(2,3)4/h6-10H,1,11-13H2,2-5H3,(H,18,20). The molecule has 1 aromatic carbocycles. The van der Waals surface area contributed by atoms with E-state index in [2.05, 4.69) is 32.7 Å². The molecule has 1 rings (SSSR count). The largest absolute Gasteiger partial charge is 0.353 e. The molecule has 0 saturated carbocycles. The van der Waals surface area contributed by atoms with Crippen LogP contribution < -0.4 is 9.62 Å². The summed E-state index contributed by atoms with van der Waals surface area (Å²) in [5.41, 5.74) is 1.69. The highest BCUT2D eigenvalue weighted by molar-refractivity contribution is 7.92. The second-order valence-corrected chi connectivity index (χ2v) is 8.38. The maximum absolute atomic E-state index is 12.0. The van der Waals surface area contributed by atoms with Gasteiger partial charge in [-0.1, -0.05) is 39.0 Å². The SMILES string of the molecule is C=CCNC(=O)CCN(c1ccc(C(C)(C)C)cc1)S(C)(=O)=O. The number of anilines is 1. The van der Waals surface area contributed by atoms with Crippen molar-refractivity contribution in [3.8, 4) is 0 Å². The van der Waals surface area contributed by atoms with Crippen LogP contribution in [-0.2, 0) is 20.2 Å². The summed E-state index contributed by atoms with van der Waals surface area (Å²) in [7, 11) is -3.45. The Labute approximate surface area is 139 Å². The molecule has 23 heavy (non-hydrogen) atoms. The van der Waals surface area contributed by atoms with Gasteiger partial charge in [0.05, 0.1) is 11.9 Å². The van der Waals surface area contributed by atoms with Gasteiger partial charge >= 0.3 is 0 Å². The fourth-order valence-corrected chi connectivity index (χ4v) is 3.02. The van der Waals surface area contributed by atoms with Crippen LogP contribution >= 0.6 is 0 Å². The monoisotopic (exact) mass is 338 g/mol. The quantitative estimate of drug-likeness (QED) is 0.777. The zero-order valence-electron chi connectivity index (χ0n) is 14.3. The summed E-state index contributed by atoms with van der Waals surface area (Å²) in [6.07, 6.45) is 2.83. The molecule has 0 saturated heterocycles. The van der Waals surface area contributed by atoms with Crippen LogP contribution in [0.3, 0.4) is 0 Å². The van der Waals surface area contributed by atoms with Crippen LogP contribution in [0, 0.1) is 0 Å². The molecule has 0 bridgehead atoms. The number of carbonyl (C=O) groups excluding carboxylic acids is 1. The van der Waals surface area contributed by atoms with E-state index in [0.29, 0.717) is 12.2 Å². The summed E-state index contributed by atoms with van der Waals surface area (Å²) in [5.74, 6) is -0.204. The zero-order chi connectivity index (χ0) is 17.7. The van der Waals surface area contributed by atoms with Gasteiger partial charge in [0, 0.05) is 19.5 Å². The molecule has 0 aliphatic rings. The molecule has 1 aromatic rings. The normalized spacial score (nSPS) is 11.8. The maximum atomic E-state index is 12.0. The number of benzene rings is 1.